The molecule has 2 rings (SSSR count). The monoisotopic (exact) mass is 313 g/mol. The number of hydrogen-bond acceptors (Lipinski definition) is 3. The molecule has 1 aliphatic rings. The highest BCUT2D eigenvalue weighted by Gasteiger charge is 2.20. The van der Waals surface area contributed by atoms with Crippen LogP contribution in [0.25, 0.3) is 0 Å². The van der Waals surface area contributed by atoms with Gasteiger partial charge in [-0.15, -0.1) is 0 Å². The summed E-state index contributed by atoms with van der Waals surface area (Å²) in [6.45, 7) is 7.28. The van der Waals surface area contributed by atoms with Gasteiger partial charge in [-0.2, -0.15) is 0 Å². The molecule has 0 unspecified atom stereocenters. The predicted molar refractivity (Wildman–Crippen MR) is 78.4 cm³/mol. The standard InChI is InChI=1S/C11H11F2NO.C5H10O2/c12-9-5-8(6-10(13)7-9)11(15)14-3-1-2-4-14;1-5(2,3)7-4-6/h5-7H,1-4H2;4H,1-3H3. The molecule has 4 nitrogen and oxygen atoms in total. The lowest BCUT2D eigenvalue weighted by Crippen LogP contribution is -2.27. The van der Waals surface area contributed by atoms with Gasteiger partial charge in [0.05, 0.1) is 0 Å². The topological polar surface area (TPSA) is 46.6 Å². The fraction of sp³-hybridized carbons (Fsp3) is 0.500. The molecule has 1 aromatic rings. The van der Waals surface area contributed by atoms with Crippen molar-refractivity contribution < 1.29 is 23.1 Å². The Morgan fingerprint density at radius 1 is 1.14 bits per heavy atom. The van der Waals surface area contributed by atoms with Gasteiger partial charge in [0.15, 0.2) is 0 Å². The maximum Gasteiger partial charge on any atom is 0.293 e. The number of benzene rings is 1. The van der Waals surface area contributed by atoms with E-state index in [9.17, 15) is 18.4 Å². The quantitative estimate of drug-likeness (QED) is 0.788. The molecule has 1 heterocycles. The van der Waals surface area contributed by atoms with Gasteiger partial charge in [0, 0.05) is 24.7 Å². The van der Waals surface area contributed by atoms with Crippen LogP contribution in [-0.4, -0.2) is 36.0 Å². The molecule has 1 saturated heterocycles. The second kappa shape index (κ2) is 7.87. The molecule has 1 amide bonds. The third-order valence-electron chi connectivity index (χ3n) is 2.90. The van der Waals surface area contributed by atoms with Crippen LogP contribution < -0.4 is 0 Å². The molecule has 1 aliphatic heterocycles. The van der Waals surface area contributed by atoms with E-state index in [1.54, 1.807) is 4.90 Å². The van der Waals surface area contributed by atoms with Gasteiger partial charge in [-0.25, -0.2) is 8.78 Å². The Hall–Kier alpha value is -1.98. The number of nitrogens with zero attached hydrogens (tertiary/aromatic N) is 1. The van der Waals surface area contributed by atoms with Crippen molar-refractivity contribution in [3.63, 3.8) is 0 Å². The fourth-order valence-corrected chi connectivity index (χ4v) is 1.92. The zero-order valence-corrected chi connectivity index (χ0v) is 13.1. The maximum absolute atomic E-state index is 12.9. The van der Waals surface area contributed by atoms with Gasteiger partial charge in [0.1, 0.15) is 17.2 Å². The average Bonchev–Trinajstić information content (AvgIpc) is 2.89. The Morgan fingerprint density at radius 2 is 1.64 bits per heavy atom. The van der Waals surface area contributed by atoms with Gasteiger partial charge >= 0.3 is 0 Å². The van der Waals surface area contributed by atoms with Crippen LogP contribution >= 0.6 is 0 Å². The van der Waals surface area contributed by atoms with Crippen LogP contribution in [0.5, 0.6) is 0 Å². The number of hydrogen-bond donors (Lipinski definition) is 0. The van der Waals surface area contributed by atoms with E-state index < -0.39 is 11.6 Å². The Kier molecular flexibility index (Phi) is 6.46. The largest absolute Gasteiger partial charge is 0.462 e. The van der Waals surface area contributed by atoms with Crippen LogP contribution in [0.2, 0.25) is 0 Å². The molecule has 0 spiro atoms. The van der Waals surface area contributed by atoms with Gasteiger partial charge in [0.2, 0.25) is 0 Å². The number of rotatable bonds is 2. The summed E-state index contributed by atoms with van der Waals surface area (Å²) in [6, 6.07) is 2.91. The van der Waals surface area contributed by atoms with Crippen molar-refractivity contribution >= 4 is 12.4 Å². The average molecular weight is 313 g/mol. The van der Waals surface area contributed by atoms with E-state index in [1.165, 1.54) is 0 Å². The van der Waals surface area contributed by atoms with Crippen molar-refractivity contribution in [3.05, 3.63) is 35.4 Å². The molecule has 6 heteroatoms. The first-order chi connectivity index (χ1) is 10.2. The lowest BCUT2D eigenvalue weighted by Gasteiger charge is -2.14. The van der Waals surface area contributed by atoms with E-state index in [1.807, 2.05) is 20.8 Å². The third kappa shape index (κ3) is 6.20. The highest BCUT2D eigenvalue weighted by Crippen LogP contribution is 2.15. The van der Waals surface area contributed by atoms with Crippen LogP contribution in [0.1, 0.15) is 44.0 Å². The second-order valence-electron chi connectivity index (χ2n) is 5.98. The summed E-state index contributed by atoms with van der Waals surface area (Å²) in [6.07, 6.45) is 1.92. The molecule has 0 atom stereocenters. The summed E-state index contributed by atoms with van der Waals surface area (Å²) in [5.41, 5.74) is -0.226. The number of halogens is 2. The van der Waals surface area contributed by atoms with Crippen molar-refractivity contribution in [1.82, 2.24) is 4.90 Å². The minimum atomic E-state index is -0.711. The number of amides is 1. The van der Waals surface area contributed by atoms with Crippen LogP contribution in [0.3, 0.4) is 0 Å². The zero-order valence-electron chi connectivity index (χ0n) is 13.1. The van der Waals surface area contributed by atoms with Crippen LogP contribution in [0.15, 0.2) is 18.2 Å². The van der Waals surface area contributed by atoms with Crippen molar-refractivity contribution in [1.29, 1.82) is 0 Å². The zero-order chi connectivity index (χ0) is 16.8. The highest BCUT2D eigenvalue weighted by molar-refractivity contribution is 5.94. The minimum absolute atomic E-state index is 0.0920. The molecular formula is C16H21F2NO3. The summed E-state index contributed by atoms with van der Waals surface area (Å²) in [7, 11) is 0. The fourth-order valence-electron chi connectivity index (χ4n) is 1.92. The van der Waals surface area contributed by atoms with Crippen molar-refractivity contribution in [3.8, 4) is 0 Å². The predicted octanol–water partition coefficient (Wildman–Crippen LogP) is 3.16. The van der Waals surface area contributed by atoms with E-state index in [0.717, 1.165) is 31.0 Å². The SMILES string of the molecule is CC(C)(C)OC=O.O=C(c1cc(F)cc(F)c1)N1CCCC1. The van der Waals surface area contributed by atoms with Crippen molar-refractivity contribution in [2.75, 3.05) is 13.1 Å². The smallest absolute Gasteiger partial charge is 0.293 e. The number of likely N-dealkylation sites (tertiary alicyclic amines) is 1. The number of ether oxygens (including phenoxy) is 1. The van der Waals surface area contributed by atoms with Crippen LogP contribution in [0.4, 0.5) is 8.78 Å². The van der Waals surface area contributed by atoms with E-state index in [4.69, 9.17) is 0 Å². The molecule has 0 bridgehead atoms. The molecule has 0 aliphatic carbocycles. The molecule has 122 valence electrons. The maximum atomic E-state index is 12.9. The highest BCUT2D eigenvalue weighted by atomic mass is 19.1. The Bertz CT molecular complexity index is 500. The molecule has 1 fully saturated rings. The Morgan fingerprint density at radius 3 is 2.00 bits per heavy atom. The van der Waals surface area contributed by atoms with E-state index >= 15 is 0 Å². The van der Waals surface area contributed by atoms with E-state index in [0.29, 0.717) is 19.6 Å². The van der Waals surface area contributed by atoms with Gasteiger partial charge in [-0.3, -0.25) is 9.59 Å². The molecule has 1 aromatic carbocycles. The van der Waals surface area contributed by atoms with Crippen LogP contribution in [-0.2, 0) is 9.53 Å². The first kappa shape index (κ1) is 18.1. The lowest BCUT2D eigenvalue weighted by atomic mass is 10.2. The van der Waals surface area contributed by atoms with Crippen molar-refractivity contribution in [2.24, 2.45) is 0 Å². The van der Waals surface area contributed by atoms with E-state index in [2.05, 4.69) is 4.74 Å². The summed E-state index contributed by atoms with van der Waals surface area (Å²) >= 11 is 0. The minimum Gasteiger partial charge on any atom is -0.462 e. The third-order valence-corrected chi connectivity index (χ3v) is 2.90. The lowest BCUT2D eigenvalue weighted by molar-refractivity contribution is -0.138. The van der Waals surface area contributed by atoms with Gasteiger partial charge < -0.3 is 9.64 Å². The molecule has 22 heavy (non-hydrogen) atoms. The molecule has 0 aromatic heterocycles. The first-order valence-corrected chi connectivity index (χ1v) is 7.10. The Labute approximate surface area is 129 Å². The summed E-state index contributed by atoms with van der Waals surface area (Å²) in [5, 5.41) is 0. The number of carbonyl (C=O) groups is 2. The van der Waals surface area contributed by atoms with Gasteiger partial charge in [0.25, 0.3) is 12.4 Å². The summed E-state index contributed by atoms with van der Waals surface area (Å²) in [4.78, 5) is 23.0. The molecule has 0 radical (unpaired) electrons. The van der Waals surface area contributed by atoms with Crippen LogP contribution in [0, 0.1) is 11.6 Å². The summed E-state index contributed by atoms with van der Waals surface area (Å²) in [5.74, 6) is -1.71. The van der Waals surface area contributed by atoms with E-state index in [-0.39, 0.29) is 17.1 Å². The number of carbonyl (C=O) groups excluding carboxylic acids is 2. The Balaban J connectivity index is 0.000000295. The van der Waals surface area contributed by atoms with Crippen molar-refractivity contribution in [2.45, 2.75) is 39.2 Å². The second-order valence-corrected chi connectivity index (χ2v) is 5.98. The first-order valence-electron chi connectivity index (χ1n) is 7.10. The molecular weight excluding hydrogens is 292 g/mol. The molecule has 0 N–H and O–H groups in total. The van der Waals surface area contributed by atoms with Gasteiger partial charge in [-0.05, 0) is 45.7 Å². The normalized spacial score (nSPS) is 14.1. The van der Waals surface area contributed by atoms with Gasteiger partial charge in [-0.1, -0.05) is 0 Å². The molecule has 0 saturated carbocycles. The summed E-state index contributed by atoms with van der Waals surface area (Å²) < 4.78 is 30.3.